The minimum Gasteiger partial charge on any atom is -0.494 e. The van der Waals surface area contributed by atoms with Gasteiger partial charge in [0.05, 0.1) is 17.9 Å². The zero-order valence-corrected chi connectivity index (χ0v) is 18.9. The molecule has 0 aliphatic carbocycles. The number of hydrogen-bond donors (Lipinski definition) is 1. The number of amides is 2. The standard InChI is InChI=1S/C26H23ClN2O3/c1-4-32-21-13-8-18(9-14-21)23-24(28-19-10-7-17(3)22(27)15-19)26(31)29(25(23)30)20-11-5-16(2)6-12-20/h5-15,28H,4H2,1-3H3. The minimum atomic E-state index is -0.417. The number of ether oxygens (including phenoxy) is 1. The Hall–Kier alpha value is -3.57. The molecule has 1 aliphatic heterocycles. The molecule has 0 unspecified atom stereocenters. The number of halogens is 1. The summed E-state index contributed by atoms with van der Waals surface area (Å²) < 4.78 is 5.51. The number of carbonyl (C=O) groups excluding carboxylic acids is 2. The van der Waals surface area contributed by atoms with Crippen molar-refractivity contribution in [1.29, 1.82) is 0 Å². The largest absolute Gasteiger partial charge is 0.494 e. The highest BCUT2D eigenvalue weighted by molar-refractivity contribution is 6.46. The Balaban J connectivity index is 1.79. The van der Waals surface area contributed by atoms with E-state index in [1.807, 2.05) is 45.0 Å². The predicted molar refractivity (Wildman–Crippen MR) is 128 cm³/mol. The molecule has 0 bridgehead atoms. The Bertz CT molecular complexity index is 1210. The first-order valence-electron chi connectivity index (χ1n) is 10.3. The van der Waals surface area contributed by atoms with Crippen LogP contribution in [0.15, 0.2) is 72.4 Å². The van der Waals surface area contributed by atoms with Gasteiger partial charge in [-0.2, -0.15) is 0 Å². The third-order valence-corrected chi connectivity index (χ3v) is 5.68. The maximum absolute atomic E-state index is 13.5. The lowest BCUT2D eigenvalue weighted by Gasteiger charge is -2.15. The predicted octanol–water partition coefficient (Wildman–Crippen LogP) is 5.75. The molecular weight excluding hydrogens is 424 g/mol. The summed E-state index contributed by atoms with van der Waals surface area (Å²) in [6.45, 7) is 6.31. The molecule has 0 fully saturated rings. The first-order chi connectivity index (χ1) is 15.4. The van der Waals surface area contributed by atoms with Crippen molar-refractivity contribution in [3.63, 3.8) is 0 Å². The van der Waals surface area contributed by atoms with Gasteiger partial charge in [0.1, 0.15) is 11.4 Å². The van der Waals surface area contributed by atoms with E-state index in [4.69, 9.17) is 16.3 Å². The molecule has 0 radical (unpaired) electrons. The molecule has 6 heteroatoms. The van der Waals surface area contributed by atoms with Gasteiger partial charge in [0.2, 0.25) is 0 Å². The average Bonchev–Trinajstić information content (AvgIpc) is 3.02. The van der Waals surface area contributed by atoms with E-state index in [2.05, 4.69) is 5.32 Å². The fourth-order valence-electron chi connectivity index (χ4n) is 3.54. The molecular formula is C26H23ClN2O3. The van der Waals surface area contributed by atoms with E-state index >= 15 is 0 Å². The molecule has 3 aromatic carbocycles. The normalized spacial score (nSPS) is 13.7. The van der Waals surface area contributed by atoms with Gasteiger partial charge in [0.15, 0.2) is 0 Å². The molecule has 0 aromatic heterocycles. The summed E-state index contributed by atoms with van der Waals surface area (Å²) >= 11 is 6.27. The maximum Gasteiger partial charge on any atom is 0.282 e. The van der Waals surface area contributed by atoms with Gasteiger partial charge in [-0.25, -0.2) is 4.90 Å². The monoisotopic (exact) mass is 446 g/mol. The van der Waals surface area contributed by atoms with E-state index in [1.54, 1.807) is 42.5 Å². The molecule has 0 saturated carbocycles. The zero-order valence-electron chi connectivity index (χ0n) is 18.1. The lowest BCUT2D eigenvalue weighted by atomic mass is 10.0. The first kappa shape index (κ1) is 21.7. The maximum atomic E-state index is 13.5. The van der Waals surface area contributed by atoms with Crippen LogP contribution in [-0.2, 0) is 9.59 Å². The summed E-state index contributed by atoms with van der Waals surface area (Å²) in [5.41, 5.74) is 4.25. The highest BCUT2D eigenvalue weighted by Gasteiger charge is 2.40. The molecule has 0 spiro atoms. The van der Waals surface area contributed by atoms with Gasteiger partial charge < -0.3 is 10.1 Å². The van der Waals surface area contributed by atoms with Crippen molar-refractivity contribution in [3.05, 3.63) is 94.1 Å². The first-order valence-corrected chi connectivity index (χ1v) is 10.7. The summed E-state index contributed by atoms with van der Waals surface area (Å²) in [4.78, 5) is 28.1. The van der Waals surface area contributed by atoms with Crippen LogP contribution in [0.4, 0.5) is 11.4 Å². The molecule has 2 amide bonds. The number of rotatable bonds is 6. The van der Waals surface area contributed by atoms with Crippen LogP contribution in [0.3, 0.4) is 0 Å². The van der Waals surface area contributed by atoms with E-state index in [0.29, 0.717) is 39.9 Å². The number of carbonyl (C=O) groups is 2. The smallest absolute Gasteiger partial charge is 0.282 e. The molecule has 0 atom stereocenters. The average molecular weight is 447 g/mol. The van der Waals surface area contributed by atoms with Gasteiger partial charge in [-0.05, 0) is 68.3 Å². The summed E-state index contributed by atoms with van der Waals surface area (Å²) in [5.74, 6) is -0.105. The van der Waals surface area contributed by atoms with Crippen molar-refractivity contribution >= 4 is 40.4 Å². The number of imide groups is 1. The molecule has 5 nitrogen and oxygen atoms in total. The topological polar surface area (TPSA) is 58.6 Å². The second kappa shape index (κ2) is 8.89. The summed E-state index contributed by atoms with van der Waals surface area (Å²) in [7, 11) is 0. The van der Waals surface area contributed by atoms with Crippen LogP contribution >= 0.6 is 11.6 Å². The van der Waals surface area contributed by atoms with E-state index in [-0.39, 0.29) is 11.6 Å². The van der Waals surface area contributed by atoms with Crippen molar-refractivity contribution in [1.82, 2.24) is 0 Å². The van der Waals surface area contributed by atoms with Gasteiger partial charge in [-0.3, -0.25) is 9.59 Å². The van der Waals surface area contributed by atoms with Crippen LogP contribution in [0, 0.1) is 13.8 Å². The lowest BCUT2D eigenvalue weighted by molar-refractivity contribution is -0.120. The Labute approximate surface area is 192 Å². The van der Waals surface area contributed by atoms with E-state index in [0.717, 1.165) is 11.1 Å². The number of benzene rings is 3. The van der Waals surface area contributed by atoms with E-state index in [9.17, 15) is 9.59 Å². The van der Waals surface area contributed by atoms with Gasteiger partial charge in [-0.15, -0.1) is 0 Å². The number of nitrogens with one attached hydrogen (secondary N) is 1. The van der Waals surface area contributed by atoms with Crippen molar-refractivity contribution in [2.75, 3.05) is 16.8 Å². The molecule has 162 valence electrons. The third kappa shape index (κ3) is 4.12. The molecule has 1 aliphatic rings. The van der Waals surface area contributed by atoms with Crippen LogP contribution in [0.1, 0.15) is 23.6 Å². The lowest BCUT2D eigenvalue weighted by Crippen LogP contribution is -2.32. The van der Waals surface area contributed by atoms with Crippen LogP contribution < -0.4 is 15.0 Å². The Morgan fingerprint density at radius 3 is 2.22 bits per heavy atom. The fourth-order valence-corrected chi connectivity index (χ4v) is 3.72. The zero-order chi connectivity index (χ0) is 22.8. The number of nitrogens with zero attached hydrogens (tertiary/aromatic N) is 1. The van der Waals surface area contributed by atoms with Gasteiger partial charge >= 0.3 is 0 Å². The summed E-state index contributed by atoms with van der Waals surface area (Å²) in [5, 5.41) is 3.71. The van der Waals surface area contributed by atoms with Crippen LogP contribution in [0.25, 0.3) is 5.57 Å². The van der Waals surface area contributed by atoms with Crippen molar-refractivity contribution in [2.24, 2.45) is 0 Å². The van der Waals surface area contributed by atoms with Crippen LogP contribution in [0.2, 0.25) is 5.02 Å². The SMILES string of the molecule is CCOc1ccc(C2=C(Nc3ccc(C)c(Cl)c3)C(=O)N(c3ccc(C)cc3)C2=O)cc1. The summed E-state index contributed by atoms with van der Waals surface area (Å²) in [6, 6.07) is 19.9. The number of anilines is 2. The van der Waals surface area contributed by atoms with Gasteiger partial charge in [0.25, 0.3) is 11.8 Å². The summed E-state index contributed by atoms with van der Waals surface area (Å²) in [6.07, 6.45) is 0. The van der Waals surface area contributed by atoms with Gasteiger partial charge in [0, 0.05) is 10.7 Å². The van der Waals surface area contributed by atoms with E-state index in [1.165, 1.54) is 4.90 Å². The molecule has 32 heavy (non-hydrogen) atoms. The Morgan fingerprint density at radius 2 is 1.59 bits per heavy atom. The number of hydrogen-bond acceptors (Lipinski definition) is 4. The second-order valence-corrected chi connectivity index (χ2v) is 7.98. The van der Waals surface area contributed by atoms with E-state index < -0.39 is 5.91 Å². The number of aryl methyl sites for hydroxylation is 2. The molecule has 4 rings (SSSR count). The van der Waals surface area contributed by atoms with Crippen molar-refractivity contribution in [3.8, 4) is 5.75 Å². The van der Waals surface area contributed by atoms with Crippen molar-refractivity contribution in [2.45, 2.75) is 20.8 Å². The van der Waals surface area contributed by atoms with Crippen LogP contribution in [-0.4, -0.2) is 18.4 Å². The third-order valence-electron chi connectivity index (χ3n) is 5.27. The second-order valence-electron chi connectivity index (χ2n) is 7.58. The molecule has 3 aromatic rings. The highest BCUT2D eigenvalue weighted by atomic mass is 35.5. The Kier molecular flexibility index (Phi) is 6.01. The highest BCUT2D eigenvalue weighted by Crippen LogP contribution is 2.35. The minimum absolute atomic E-state index is 0.208. The molecule has 0 saturated heterocycles. The molecule has 1 N–H and O–H groups in total. The van der Waals surface area contributed by atoms with Gasteiger partial charge in [-0.1, -0.05) is 47.5 Å². The molecule has 1 heterocycles. The quantitative estimate of drug-likeness (QED) is 0.489. The van der Waals surface area contributed by atoms with Crippen molar-refractivity contribution < 1.29 is 14.3 Å². The fraction of sp³-hybridized carbons (Fsp3) is 0.154. The Morgan fingerprint density at radius 1 is 0.906 bits per heavy atom. The van der Waals surface area contributed by atoms with Crippen LogP contribution in [0.5, 0.6) is 5.75 Å².